The van der Waals surface area contributed by atoms with E-state index in [-0.39, 0.29) is 42.7 Å². The first-order chi connectivity index (χ1) is 21.1. The van der Waals surface area contributed by atoms with Crippen LogP contribution in [0.2, 0.25) is 0 Å². The third kappa shape index (κ3) is 26.2. The van der Waals surface area contributed by atoms with Crippen molar-refractivity contribution in [2.75, 3.05) is 41.0 Å². The number of carbonyl (C=O) groups is 3. The number of carboxylic acid groups (broad SMARTS) is 1. The van der Waals surface area contributed by atoms with Crippen LogP contribution in [0, 0.1) is 0 Å². The van der Waals surface area contributed by atoms with E-state index in [2.05, 4.69) is 32.1 Å². The van der Waals surface area contributed by atoms with E-state index in [9.17, 15) is 19.5 Å². The number of esters is 2. The lowest BCUT2D eigenvalue weighted by Crippen LogP contribution is -2.50. The molecule has 1 N–H and O–H groups in total. The van der Waals surface area contributed by atoms with Gasteiger partial charge in [0.25, 0.3) is 0 Å². The molecule has 0 spiro atoms. The van der Waals surface area contributed by atoms with Crippen molar-refractivity contribution < 1.29 is 38.2 Å². The number of carbonyl (C=O) groups excluding carboxylic acids is 2. The zero-order valence-corrected chi connectivity index (χ0v) is 28.9. The zero-order chi connectivity index (χ0) is 32.9. The minimum absolute atomic E-state index is 0.0477. The highest BCUT2D eigenvalue weighted by Crippen LogP contribution is 2.12. The Bertz CT molecular complexity index is 788. The van der Waals surface area contributed by atoms with Crippen molar-refractivity contribution in [3.8, 4) is 0 Å². The van der Waals surface area contributed by atoms with Gasteiger partial charge in [-0.2, -0.15) is 0 Å². The Kier molecular flexibility index (Phi) is 26.9. The maximum absolute atomic E-state index is 12.6. The van der Waals surface area contributed by atoms with E-state index in [4.69, 9.17) is 14.2 Å². The summed E-state index contributed by atoms with van der Waals surface area (Å²) in [6, 6.07) is -0.615. The quantitative estimate of drug-likeness (QED) is 0.0372. The number of rotatable bonds is 30. The molecule has 0 fully saturated rings. The molecule has 0 heterocycles. The summed E-state index contributed by atoms with van der Waals surface area (Å²) in [5, 5.41) is 9.54. The highest BCUT2D eigenvalue weighted by atomic mass is 16.6. The van der Waals surface area contributed by atoms with Crippen LogP contribution in [0.1, 0.15) is 136 Å². The molecule has 0 saturated heterocycles. The predicted molar refractivity (Wildman–Crippen MR) is 178 cm³/mol. The summed E-state index contributed by atoms with van der Waals surface area (Å²) in [5.41, 5.74) is 0. The SMILES string of the molecule is CCCCC/C=C/CCCCCCCC(=O)OC(COCCC(C(=O)O)[N+](C)(C)C)COC(=O)CC/C=C/CCCCCC. The molecule has 8 heteroatoms. The number of ether oxygens (including phenoxy) is 3. The zero-order valence-electron chi connectivity index (χ0n) is 28.9. The van der Waals surface area contributed by atoms with Crippen LogP contribution in [-0.4, -0.2) is 80.6 Å². The minimum Gasteiger partial charge on any atom is -0.477 e. The van der Waals surface area contributed by atoms with Gasteiger partial charge in [-0.05, 0) is 51.4 Å². The fourth-order valence-electron chi connectivity index (χ4n) is 4.81. The van der Waals surface area contributed by atoms with Gasteiger partial charge < -0.3 is 23.8 Å². The minimum atomic E-state index is -0.883. The number of hydrogen-bond donors (Lipinski definition) is 1. The third-order valence-corrected chi connectivity index (χ3v) is 7.59. The molecule has 2 unspecified atom stereocenters. The van der Waals surface area contributed by atoms with Crippen molar-refractivity contribution in [2.24, 2.45) is 0 Å². The van der Waals surface area contributed by atoms with Gasteiger partial charge in [0.1, 0.15) is 6.61 Å². The monoisotopic (exact) mass is 624 g/mol. The molecule has 0 bridgehead atoms. The molecule has 0 amide bonds. The largest absolute Gasteiger partial charge is 0.477 e. The molecule has 0 rings (SSSR count). The van der Waals surface area contributed by atoms with E-state index in [0.29, 0.717) is 19.3 Å². The lowest BCUT2D eigenvalue weighted by atomic mass is 10.1. The van der Waals surface area contributed by atoms with E-state index in [1.807, 2.05) is 27.2 Å². The first-order valence-electron chi connectivity index (χ1n) is 17.4. The summed E-state index contributed by atoms with van der Waals surface area (Å²) < 4.78 is 17.0. The molecular weight excluding hydrogens is 558 g/mol. The molecule has 0 radical (unpaired) electrons. The van der Waals surface area contributed by atoms with E-state index >= 15 is 0 Å². The van der Waals surface area contributed by atoms with Crippen molar-refractivity contribution in [1.29, 1.82) is 0 Å². The van der Waals surface area contributed by atoms with E-state index in [1.54, 1.807) is 0 Å². The molecule has 44 heavy (non-hydrogen) atoms. The Morgan fingerprint density at radius 3 is 1.77 bits per heavy atom. The van der Waals surface area contributed by atoms with Crippen LogP contribution in [-0.2, 0) is 28.6 Å². The molecule has 0 aromatic heterocycles. The van der Waals surface area contributed by atoms with Crippen molar-refractivity contribution in [3.63, 3.8) is 0 Å². The number of hydrogen-bond acceptors (Lipinski definition) is 6. The summed E-state index contributed by atoms with van der Waals surface area (Å²) in [7, 11) is 5.49. The Morgan fingerprint density at radius 2 is 1.18 bits per heavy atom. The van der Waals surface area contributed by atoms with Crippen molar-refractivity contribution >= 4 is 17.9 Å². The van der Waals surface area contributed by atoms with Gasteiger partial charge in [-0.15, -0.1) is 0 Å². The number of quaternary nitrogens is 1. The highest BCUT2D eigenvalue weighted by Gasteiger charge is 2.31. The van der Waals surface area contributed by atoms with Gasteiger partial charge in [0.15, 0.2) is 12.1 Å². The Morgan fingerprint density at radius 1 is 0.659 bits per heavy atom. The second-order valence-electron chi connectivity index (χ2n) is 12.8. The van der Waals surface area contributed by atoms with E-state index in [0.717, 1.165) is 38.5 Å². The van der Waals surface area contributed by atoms with Gasteiger partial charge in [0, 0.05) is 19.3 Å². The van der Waals surface area contributed by atoms with E-state index in [1.165, 1.54) is 57.8 Å². The predicted octanol–water partition coefficient (Wildman–Crippen LogP) is 8.18. The van der Waals surface area contributed by atoms with Gasteiger partial charge in [0.05, 0.1) is 34.4 Å². The number of aliphatic carboxylic acids is 1. The topological polar surface area (TPSA) is 99.1 Å². The average molecular weight is 625 g/mol. The highest BCUT2D eigenvalue weighted by molar-refractivity contribution is 5.72. The summed E-state index contributed by atoms with van der Waals surface area (Å²) in [6.45, 7) is 4.59. The number of carboxylic acids is 1. The molecule has 0 aromatic rings. The summed E-state index contributed by atoms with van der Waals surface area (Å²) in [4.78, 5) is 36.5. The second kappa shape index (κ2) is 28.3. The molecule has 8 nitrogen and oxygen atoms in total. The van der Waals surface area contributed by atoms with Crippen LogP contribution in [0.4, 0.5) is 0 Å². The van der Waals surface area contributed by atoms with Crippen LogP contribution in [0.3, 0.4) is 0 Å². The molecule has 256 valence electrons. The number of likely N-dealkylation sites (N-methyl/N-ethyl adjacent to an activating group) is 1. The molecular formula is C36H66NO7+. The molecule has 0 aromatic carbocycles. The van der Waals surface area contributed by atoms with Crippen LogP contribution >= 0.6 is 0 Å². The Labute approximate surface area is 269 Å². The Hall–Kier alpha value is -2.19. The van der Waals surface area contributed by atoms with Gasteiger partial charge in [-0.1, -0.05) is 89.5 Å². The van der Waals surface area contributed by atoms with Crippen LogP contribution in [0.15, 0.2) is 24.3 Å². The fraction of sp³-hybridized carbons (Fsp3) is 0.806. The average Bonchev–Trinajstić information content (AvgIpc) is 2.96. The second-order valence-corrected chi connectivity index (χ2v) is 12.8. The maximum Gasteiger partial charge on any atom is 0.362 e. The van der Waals surface area contributed by atoms with Gasteiger partial charge in [-0.3, -0.25) is 9.59 Å². The lowest BCUT2D eigenvalue weighted by molar-refractivity contribution is -0.887. The van der Waals surface area contributed by atoms with E-state index < -0.39 is 18.1 Å². The van der Waals surface area contributed by atoms with Crippen LogP contribution in [0.5, 0.6) is 0 Å². The first kappa shape index (κ1) is 41.8. The third-order valence-electron chi connectivity index (χ3n) is 7.59. The first-order valence-corrected chi connectivity index (χ1v) is 17.4. The smallest absolute Gasteiger partial charge is 0.362 e. The van der Waals surface area contributed by atoms with Crippen molar-refractivity contribution in [1.82, 2.24) is 0 Å². The van der Waals surface area contributed by atoms with Crippen LogP contribution < -0.4 is 0 Å². The van der Waals surface area contributed by atoms with Gasteiger partial charge >= 0.3 is 17.9 Å². The maximum atomic E-state index is 12.6. The fourth-order valence-corrected chi connectivity index (χ4v) is 4.81. The number of allylic oxidation sites excluding steroid dienone is 4. The normalized spacial score (nSPS) is 13.4. The summed E-state index contributed by atoms with van der Waals surface area (Å²) in [5.74, 6) is -1.55. The lowest BCUT2D eigenvalue weighted by Gasteiger charge is -2.31. The molecule has 2 atom stereocenters. The van der Waals surface area contributed by atoms with Crippen LogP contribution in [0.25, 0.3) is 0 Å². The molecule has 0 aliphatic heterocycles. The molecule has 0 aliphatic rings. The molecule has 0 aliphatic carbocycles. The van der Waals surface area contributed by atoms with Gasteiger partial charge in [0.2, 0.25) is 0 Å². The summed E-state index contributed by atoms with van der Waals surface area (Å²) in [6.07, 6.45) is 26.7. The molecule has 0 saturated carbocycles. The number of unbranched alkanes of at least 4 members (excludes halogenated alkanes) is 12. The van der Waals surface area contributed by atoms with Crippen molar-refractivity contribution in [2.45, 2.75) is 148 Å². The Balaban J connectivity index is 4.52. The number of nitrogens with zero attached hydrogens (tertiary/aromatic N) is 1. The van der Waals surface area contributed by atoms with Crippen molar-refractivity contribution in [3.05, 3.63) is 24.3 Å². The standard InChI is InChI=1S/C36H65NO7/c1-6-8-10-12-14-16-17-18-19-21-23-25-27-35(39)44-32(30-42-29-28-33(36(40)41)37(3,4)5)31-43-34(38)26-24-22-20-15-13-11-9-7-2/h14,16,20,22,32-33H,6-13,15,17-19,21,23-31H2,1-5H3/p+1/b16-14+,22-20+. The van der Waals surface area contributed by atoms with Gasteiger partial charge in [-0.25, -0.2) is 4.79 Å². The summed E-state index contributed by atoms with van der Waals surface area (Å²) >= 11 is 0.